The Morgan fingerprint density at radius 1 is 0.957 bits per heavy atom. The third kappa shape index (κ3) is 3.21. The van der Waals surface area contributed by atoms with Gasteiger partial charge in [-0.15, -0.1) is 6.58 Å². The number of halogens is 2. The Bertz CT molecular complexity index is 699. The Kier molecular flexibility index (Phi) is 4.61. The van der Waals surface area contributed by atoms with Crippen LogP contribution >= 0.6 is 0 Å². The highest BCUT2D eigenvalue weighted by atomic mass is 19.2. The quantitative estimate of drug-likeness (QED) is 0.557. The van der Waals surface area contributed by atoms with Gasteiger partial charge in [0.1, 0.15) is 0 Å². The second-order valence-corrected chi connectivity index (χ2v) is 6.53. The van der Waals surface area contributed by atoms with E-state index in [1.165, 1.54) is 31.2 Å². The van der Waals surface area contributed by atoms with E-state index in [-0.39, 0.29) is 1.43 Å². The average molecular weight is 314 g/mol. The number of hydrogen-bond donors (Lipinski definition) is 0. The summed E-state index contributed by atoms with van der Waals surface area (Å²) in [4.78, 5) is 0. The molecular weight excluding hydrogens is 290 g/mol. The van der Waals surface area contributed by atoms with Crippen LogP contribution in [0.4, 0.5) is 8.78 Å². The number of allylic oxidation sites excluding steroid dienone is 1. The van der Waals surface area contributed by atoms with Gasteiger partial charge in [0.05, 0.1) is 0 Å². The molecule has 23 heavy (non-hydrogen) atoms. The molecule has 0 radical (unpaired) electrons. The van der Waals surface area contributed by atoms with Gasteiger partial charge in [0.25, 0.3) is 0 Å². The Labute approximate surface area is 138 Å². The van der Waals surface area contributed by atoms with Crippen molar-refractivity contribution in [3.05, 3.63) is 71.8 Å². The summed E-state index contributed by atoms with van der Waals surface area (Å²) in [7, 11) is 0. The average Bonchev–Trinajstić information content (AvgIpc) is 2.60. The molecule has 0 aliphatic heterocycles. The molecule has 2 aromatic carbocycles. The van der Waals surface area contributed by atoms with Crippen molar-refractivity contribution in [3.8, 4) is 11.1 Å². The molecule has 0 N–H and O–H groups in total. The molecule has 2 aromatic rings. The van der Waals surface area contributed by atoms with Crippen LogP contribution in [-0.4, -0.2) is 0 Å². The summed E-state index contributed by atoms with van der Waals surface area (Å²) in [5.41, 5.74) is 2.69. The van der Waals surface area contributed by atoms with E-state index >= 15 is 0 Å². The lowest BCUT2D eigenvalue weighted by molar-refractivity contribution is 0.376. The lowest BCUT2D eigenvalue weighted by Gasteiger charge is -2.27. The van der Waals surface area contributed by atoms with E-state index < -0.39 is 11.6 Å². The number of benzene rings is 2. The van der Waals surface area contributed by atoms with E-state index in [9.17, 15) is 8.78 Å². The second kappa shape index (κ2) is 6.66. The maximum atomic E-state index is 14.1. The van der Waals surface area contributed by atoms with Crippen molar-refractivity contribution in [1.29, 1.82) is 0 Å². The standard InChI is InChI=1S/C21H22F2.H2/c1-3-15-5-7-16(8-6-15)17-9-11-18(12-10-17)19-13-4-14(2)20(22)21(19)23;/h3-4,9-13,15-16H,1,5-8H2,2H3;1H. The van der Waals surface area contributed by atoms with Crippen LogP contribution in [0, 0.1) is 24.5 Å². The molecule has 0 nitrogen and oxygen atoms in total. The zero-order valence-electron chi connectivity index (χ0n) is 13.5. The number of hydrogen-bond acceptors (Lipinski definition) is 0. The zero-order chi connectivity index (χ0) is 16.4. The first-order chi connectivity index (χ1) is 11.1. The number of rotatable bonds is 3. The minimum Gasteiger partial charge on any atom is -0.203 e. The van der Waals surface area contributed by atoms with Gasteiger partial charge in [0.15, 0.2) is 11.6 Å². The second-order valence-electron chi connectivity index (χ2n) is 6.53. The van der Waals surface area contributed by atoms with E-state index in [2.05, 4.69) is 24.8 Å². The molecule has 1 aliphatic carbocycles. The van der Waals surface area contributed by atoms with Crippen LogP contribution in [-0.2, 0) is 0 Å². The lowest BCUT2D eigenvalue weighted by Crippen LogP contribution is -2.11. The molecule has 0 unspecified atom stereocenters. The Morgan fingerprint density at radius 3 is 2.22 bits per heavy atom. The van der Waals surface area contributed by atoms with Gasteiger partial charge in [-0.1, -0.05) is 42.5 Å². The number of aryl methyl sites for hydroxylation is 1. The van der Waals surface area contributed by atoms with Crippen molar-refractivity contribution in [2.75, 3.05) is 0 Å². The fourth-order valence-electron chi connectivity index (χ4n) is 3.49. The van der Waals surface area contributed by atoms with E-state index in [1.54, 1.807) is 19.1 Å². The topological polar surface area (TPSA) is 0 Å². The first kappa shape index (κ1) is 15.9. The van der Waals surface area contributed by atoms with E-state index in [0.29, 0.717) is 23.0 Å². The third-order valence-corrected chi connectivity index (χ3v) is 5.07. The maximum absolute atomic E-state index is 14.1. The van der Waals surface area contributed by atoms with Crippen molar-refractivity contribution >= 4 is 0 Å². The van der Waals surface area contributed by atoms with Gasteiger partial charge in [0, 0.05) is 6.99 Å². The van der Waals surface area contributed by atoms with Crippen LogP contribution in [0.3, 0.4) is 0 Å². The van der Waals surface area contributed by atoms with Gasteiger partial charge < -0.3 is 0 Å². The van der Waals surface area contributed by atoms with Crippen molar-refractivity contribution < 1.29 is 10.2 Å². The lowest BCUT2D eigenvalue weighted by atomic mass is 9.78. The van der Waals surface area contributed by atoms with Gasteiger partial charge in [-0.2, -0.15) is 0 Å². The molecule has 0 spiro atoms. The van der Waals surface area contributed by atoms with E-state index in [4.69, 9.17) is 0 Å². The molecule has 0 heterocycles. The molecule has 0 aromatic heterocycles. The third-order valence-electron chi connectivity index (χ3n) is 5.07. The molecule has 0 saturated heterocycles. The minimum atomic E-state index is -0.760. The van der Waals surface area contributed by atoms with Crippen molar-refractivity contribution in [1.82, 2.24) is 0 Å². The zero-order valence-corrected chi connectivity index (χ0v) is 13.5. The van der Waals surface area contributed by atoms with Crippen LogP contribution in [0.15, 0.2) is 49.1 Å². The molecule has 0 atom stereocenters. The highest BCUT2D eigenvalue weighted by Crippen LogP contribution is 2.37. The summed E-state index contributed by atoms with van der Waals surface area (Å²) in [6.07, 6.45) is 6.78. The predicted octanol–water partition coefficient (Wildman–Crippen LogP) is 6.65. The molecule has 2 heteroatoms. The molecule has 3 rings (SSSR count). The van der Waals surface area contributed by atoms with Gasteiger partial charge in [-0.3, -0.25) is 0 Å². The van der Waals surface area contributed by atoms with Crippen LogP contribution < -0.4 is 0 Å². The van der Waals surface area contributed by atoms with Crippen molar-refractivity contribution in [2.45, 2.75) is 38.5 Å². The molecule has 122 valence electrons. The molecule has 0 bridgehead atoms. The molecule has 0 amide bonds. The summed E-state index contributed by atoms with van der Waals surface area (Å²) in [6, 6.07) is 11.2. The Balaban J connectivity index is 0.00000208. The van der Waals surface area contributed by atoms with Crippen molar-refractivity contribution in [3.63, 3.8) is 0 Å². The molecule has 1 saturated carbocycles. The summed E-state index contributed by atoms with van der Waals surface area (Å²) >= 11 is 0. The smallest absolute Gasteiger partial charge is 0.166 e. The monoisotopic (exact) mass is 314 g/mol. The van der Waals surface area contributed by atoms with Gasteiger partial charge in [-0.25, -0.2) is 8.78 Å². The maximum Gasteiger partial charge on any atom is 0.166 e. The summed E-state index contributed by atoms with van der Waals surface area (Å²) in [5.74, 6) is -0.298. The fourth-order valence-corrected chi connectivity index (χ4v) is 3.49. The van der Waals surface area contributed by atoms with Gasteiger partial charge >= 0.3 is 0 Å². The first-order valence-corrected chi connectivity index (χ1v) is 8.27. The van der Waals surface area contributed by atoms with Crippen LogP contribution in [0.5, 0.6) is 0 Å². The highest BCUT2D eigenvalue weighted by molar-refractivity contribution is 5.65. The summed E-state index contributed by atoms with van der Waals surface area (Å²) in [5, 5.41) is 0. The highest BCUT2D eigenvalue weighted by Gasteiger charge is 2.20. The van der Waals surface area contributed by atoms with Crippen LogP contribution in [0.2, 0.25) is 0 Å². The SMILES string of the molecule is C=CC1CCC(c2ccc(-c3ccc(C)c(F)c3F)cc2)CC1.[HH]. The van der Waals surface area contributed by atoms with E-state index in [0.717, 1.165) is 5.56 Å². The van der Waals surface area contributed by atoms with Crippen LogP contribution in [0.1, 0.15) is 44.2 Å². The first-order valence-electron chi connectivity index (χ1n) is 8.27. The van der Waals surface area contributed by atoms with Gasteiger partial charge in [0.2, 0.25) is 0 Å². The molecule has 1 fully saturated rings. The molecular formula is C21H24F2. The normalized spacial score (nSPS) is 21.2. The predicted molar refractivity (Wildman–Crippen MR) is 93.5 cm³/mol. The van der Waals surface area contributed by atoms with Crippen LogP contribution in [0.25, 0.3) is 11.1 Å². The minimum absolute atomic E-state index is 0. The summed E-state index contributed by atoms with van der Waals surface area (Å²) in [6.45, 7) is 5.46. The van der Waals surface area contributed by atoms with Gasteiger partial charge in [-0.05, 0) is 61.1 Å². The van der Waals surface area contributed by atoms with E-state index in [1.807, 2.05) is 12.1 Å². The van der Waals surface area contributed by atoms with Crippen molar-refractivity contribution in [2.24, 2.45) is 5.92 Å². The summed E-state index contributed by atoms with van der Waals surface area (Å²) < 4.78 is 27.8. The Hall–Kier alpha value is -1.96. The molecule has 1 aliphatic rings. The Morgan fingerprint density at radius 2 is 1.61 bits per heavy atom. The fraction of sp³-hybridized carbons (Fsp3) is 0.333. The largest absolute Gasteiger partial charge is 0.203 e.